The summed E-state index contributed by atoms with van der Waals surface area (Å²) in [7, 11) is 1.70. The Bertz CT molecular complexity index is 909. The molecule has 1 aliphatic rings. The van der Waals surface area contributed by atoms with Gasteiger partial charge >= 0.3 is 0 Å². The lowest BCUT2D eigenvalue weighted by Crippen LogP contribution is -2.21. The van der Waals surface area contributed by atoms with Crippen LogP contribution in [0.25, 0.3) is 0 Å². The van der Waals surface area contributed by atoms with E-state index in [1.165, 1.54) is 22.3 Å². The van der Waals surface area contributed by atoms with Gasteiger partial charge in [0.15, 0.2) is 0 Å². The highest BCUT2D eigenvalue weighted by molar-refractivity contribution is 5.38. The normalized spacial score (nSPS) is 19.6. The van der Waals surface area contributed by atoms with E-state index in [1.807, 2.05) is 18.2 Å². The maximum Gasteiger partial charge on any atom is 0.119 e. The van der Waals surface area contributed by atoms with Gasteiger partial charge in [-0.05, 0) is 40.8 Å². The second-order valence-corrected chi connectivity index (χ2v) is 7.58. The molecule has 1 fully saturated rings. The number of ether oxygens (including phenoxy) is 1. The molecule has 2 unspecified atom stereocenters. The molecule has 1 N–H and O–H groups in total. The number of hydrogen-bond acceptors (Lipinski definition) is 3. The Morgan fingerprint density at radius 2 is 1.64 bits per heavy atom. The highest BCUT2D eigenvalue weighted by Gasteiger charge is 2.33. The zero-order valence-electron chi connectivity index (χ0n) is 16.3. The van der Waals surface area contributed by atoms with Crippen molar-refractivity contribution in [2.24, 2.45) is 0 Å². The van der Waals surface area contributed by atoms with Gasteiger partial charge in [-0.1, -0.05) is 66.7 Å². The Labute approximate surface area is 167 Å². The molecule has 2 atom stereocenters. The maximum atomic E-state index is 10.8. The van der Waals surface area contributed by atoms with Gasteiger partial charge in [-0.25, -0.2) is 0 Å². The fourth-order valence-corrected chi connectivity index (χ4v) is 4.20. The number of hydrogen-bond donors (Lipinski definition) is 1. The summed E-state index contributed by atoms with van der Waals surface area (Å²) in [4.78, 5) is 2.35. The molecule has 0 radical (unpaired) electrons. The molecule has 28 heavy (non-hydrogen) atoms. The van der Waals surface area contributed by atoms with E-state index in [0.29, 0.717) is 6.54 Å². The van der Waals surface area contributed by atoms with Crippen LogP contribution in [0.1, 0.15) is 28.2 Å². The van der Waals surface area contributed by atoms with Crippen LogP contribution in [0.5, 0.6) is 5.75 Å². The van der Waals surface area contributed by atoms with Crippen LogP contribution in [0.2, 0.25) is 0 Å². The topological polar surface area (TPSA) is 32.7 Å². The van der Waals surface area contributed by atoms with Crippen LogP contribution >= 0.6 is 0 Å². The predicted molar refractivity (Wildman–Crippen MR) is 113 cm³/mol. The van der Waals surface area contributed by atoms with Gasteiger partial charge in [0.05, 0.1) is 13.2 Å². The summed E-state index contributed by atoms with van der Waals surface area (Å²) in [5.74, 6) is 1.02. The zero-order chi connectivity index (χ0) is 19.3. The minimum atomic E-state index is -0.338. The molecule has 3 nitrogen and oxygen atoms in total. The van der Waals surface area contributed by atoms with Gasteiger partial charge in [0.25, 0.3) is 0 Å². The molecule has 0 aromatic heterocycles. The first-order valence-electron chi connectivity index (χ1n) is 9.88. The van der Waals surface area contributed by atoms with E-state index >= 15 is 0 Å². The van der Waals surface area contributed by atoms with Crippen molar-refractivity contribution in [2.75, 3.05) is 20.2 Å². The number of aliphatic hydroxyl groups excluding tert-OH is 1. The number of likely N-dealkylation sites (tertiary alicyclic amines) is 1. The number of rotatable bonds is 6. The maximum absolute atomic E-state index is 10.8. The van der Waals surface area contributed by atoms with Crippen molar-refractivity contribution in [3.63, 3.8) is 0 Å². The van der Waals surface area contributed by atoms with Gasteiger partial charge in [0, 0.05) is 25.6 Å². The molecule has 1 aliphatic heterocycles. The zero-order valence-corrected chi connectivity index (χ0v) is 16.3. The van der Waals surface area contributed by atoms with Gasteiger partial charge in [-0.2, -0.15) is 0 Å². The largest absolute Gasteiger partial charge is 0.497 e. The Morgan fingerprint density at radius 1 is 0.893 bits per heavy atom. The van der Waals surface area contributed by atoms with E-state index in [-0.39, 0.29) is 12.0 Å². The number of benzene rings is 3. The van der Waals surface area contributed by atoms with Crippen LogP contribution in [-0.4, -0.2) is 36.3 Å². The second kappa shape index (κ2) is 8.59. The van der Waals surface area contributed by atoms with Crippen LogP contribution < -0.4 is 4.74 Å². The molecule has 1 saturated heterocycles. The molecule has 3 aromatic rings. The molecule has 0 aliphatic carbocycles. The summed E-state index contributed by atoms with van der Waals surface area (Å²) < 4.78 is 5.36. The van der Waals surface area contributed by atoms with E-state index in [1.54, 1.807) is 7.11 Å². The summed E-state index contributed by atoms with van der Waals surface area (Å²) in [6, 6.07) is 27.2. The Morgan fingerprint density at radius 3 is 2.46 bits per heavy atom. The molecule has 4 rings (SSSR count). The predicted octanol–water partition coefficient (Wildman–Crippen LogP) is 4.25. The molecular weight excluding hydrogens is 346 g/mol. The van der Waals surface area contributed by atoms with E-state index in [9.17, 15) is 5.11 Å². The van der Waals surface area contributed by atoms with Crippen molar-refractivity contribution >= 4 is 0 Å². The second-order valence-electron chi connectivity index (χ2n) is 7.58. The molecule has 0 saturated carbocycles. The molecule has 0 bridgehead atoms. The summed E-state index contributed by atoms with van der Waals surface area (Å²) >= 11 is 0. The molecular formula is C25H27NO2. The number of aliphatic hydroxyl groups is 1. The van der Waals surface area contributed by atoms with E-state index in [4.69, 9.17) is 4.74 Å². The first kappa shape index (κ1) is 18.7. The quantitative estimate of drug-likeness (QED) is 0.701. The van der Waals surface area contributed by atoms with Gasteiger partial charge < -0.3 is 9.84 Å². The lowest BCUT2D eigenvalue weighted by Gasteiger charge is -2.19. The van der Waals surface area contributed by atoms with Gasteiger partial charge in [0.2, 0.25) is 0 Å². The van der Waals surface area contributed by atoms with Crippen molar-refractivity contribution in [1.82, 2.24) is 4.90 Å². The van der Waals surface area contributed by atoms with Crippen LogP contribution in [0.15, 0.2) is 78.9 Å². The van der Waals surface area contributed by atoms with Gasteiger partial charge in [0.1, 0.15) is 5.75 Å². The molecule has 0 amide bonds. The minimum absolute atomic E-state index is 0.144. The van der Waals surface area contributed by atoms with E-state index in [0.717, 1.165) is 25.3 Å². The van der Waals surface area contributed by atoms with Gasteiger partial charge in [-0.15, -0.1) is 0 Å². The number of β-amino-alcohol motifs (C(OH)–C–C–N with tert-alkyl or cyclic N) is 1. The third-order valence-electron chi connectivity index (χ3n) is 5.60. The Hall–Kier alpha value is -2.62. The number of nitrogens with zero attached hydrogens (tertiary/aromatic N) is 1. The van der Waals surface area contributed by atoms with Crippen molar-refractivity contribution in [3.8, 4) is 5.75 Å². The van der Waals surface area contributed by atoms with Crippen LogP contribution in [-0.2, 0) is 13.0 Å². The molecule has 3 heteroatoms. The van der Waals surface area contributed by atoms with Crippen molar-refractivity contribution in [3.05, 3.63) is 101 Å². The lowest BCUT2D eigenvalue weighted by atomic mass is 9.89. The monoisotopic (exact) mass is 373 g/mol. The van der Waals surface area contributed by atoms with Crippen LogP contribution in [0.3, 0.4) is 0 Å². The van der Waals surface area contributed by atoms with Crippen molar-refractivity contribution in [2.45, 2.75) is 25.0 Å². The summed E-state index contributed by atoms with van der Waals surface area (Å²) in [6.07, 6.45) is 0.505. The highest BCUT2D eigenvalue weighted by atomic mass is 16.5. The molecule has 0 spiro atoms. The van der Waals surface area contributed by atoms with Crippen molar-refractivity contribution < 1.29 is 9.84 Å². The lowest BCUT2D eigenvalue weighted by molar-refractivity contribution is 0.163. The first-order valence-corrected chi connectivity index (χ1v) is 9.88. The molecule has 1 heterocycles. The standard InChI is InChI=1S/C25H27NO2/c1-28-22-12-7-10-20(15-22)14-21-11-5-6-13-23(21)24-17-26(18-25(24)27)16-19-8-3-2-4-9-19/h2-13,15,24-25,27H,14,16-18H2,1H3. The highest BCUT2D eigenvalue weighted by Crippen LogP contribution is 2.32. The van der Waals surface area contributed by atoms with E-state index in [2.05, 4.69) is 65.6 Å². The third-order valence-corrected chi connectivity index (χ3v) is 5.60. The summed E-state index contributed by atoms with van der Waals surface area (Å²) in [6.45, 7) is 2.48. The average molecular weight is 373 g/mol. The molecule has 144 valence electrons. The smallest absolute Gasteiger partial charge is 0.119 e. The van der Waals surface area contributed by atoms with Crippen LogP contribution in [0.4, 0.5) is 0 Å². The van der Waals surface area contributed by atoms with Gasteiger partial charge in [-0.3, -0.25) is 4.90 Å². The summed E-state index contributed by atoms with van der Waals surface area (Å²) in [5.41, 5.74) is 5.05. The fraction of sp³-hybridized carbons (Fsp3) is 0.280. The Balaban J connectivity index is 1.52. The van der Waals surface area contributed by atoms with E-state index < -0.39 is 0 Å². The minimum Gasteiger partial charge on any atom is -0.497 e. The first-order chi connectivity index (χ1) is 13.7. The fourth-order valence-electron chi connectivity index (χ4n) is 4.20. The average Bonchev–Trinajstić information content (AvgIpc) is 3.09. The third kappa shape index (κ3) is 4.27. The SMILES string of the molecule is COc1cccc(Cc2ccccc2C2CN(Cc3ccccc3)CC2O)c1. The number of methoxy groups -OCH3 is 1. The van der Waals surface area contributed by atoms with Crippen LogP contribution in [0, 0.1) is 0 Å². The molecule has 3 aromatic carbocycles. The van der Waals surface area contributed by atoms with Crippen molar-refractivity contribution in [1.29, 1.82) is 0 Å². The summed E-state index contributed by atoms with van der Waals surface area (Å²) in [5, 5.41) is 10.8. The Kier molecular flexibility index (Phi) is 5.75.